The Kier molecular flexibility index (Phi) is 4.81. The number of para-hydroxylation sites is 2. The van der Waals surface area contributed by atoms with Gasteiger partial charge < -0.3 is 4.57 Å². The molecule has 164 valence electrons. The third-order valence-corrected chi connectivity index (χ3v) is 7.30. The van der Waals surface area contributed by atoms with E-state index in [9.17, 15) is 4.79 Å². The topological polar surface area (TPSA) is 65.6 Å². The van der Waals surface area contributed by atoms with Crippen molar-refractivity contribution in [2.75, 3.05) is 0 Å². The van der Waals surface area contributed by atoms with Crippen molar-refractivity contribution in [2.45, 2.75) is 77.3 Å². The Morgan fingerprint density at radius 2 is 1.75 bits per heavy atom. The molecule has 0 atom stereocenters. The molecule has 0 bridgehead atoms. The first-order valence-corrected chi connectivity index (χ1v) is 12.1. The van der Waals surface area contributed by atoms with Crippen molar-refractivity contribution in [1.29, 1.82) is 0 Å². The molecular weight excluding hydrogens is 398 g/mol. The minimum absolute atomic E-state index is 0.0459. The lowest BCUT2D eigenvalue weighted by atomic mass is 9.97. The molecule has 0 N–H and O–H groups in total. The van der Waals surface area contributed by atoms with Gasteiger partial charge in [-0.1, -0.05) is 36.6 Å². The maximum Gasteiger partial charge on any atom is 0.265 e. The Balaban J connectivity index is 1.60. The Bertz CT molecular complexity index is 1420. The van der Waals surface area contributed by atoms with E-state index in [-0.39, 0.29) is 11.6 Å². The Hall–Kier alpha value is -3.02. The molecule has 4 aromatic rings. The van der Waals surface area contributed by atoms with Gasteiger partial charge >= 0.3 is 0 Å². The largest absolute Gasteiger partial charge is 0.308 e. The molecule has 2 aliphatic carbocycles. The average molecular weight is 428 g/mol. The highest BCUT2D eigenvalue weighted by atomic mass is 16.1. The molecule has 0 radical (unpaired) electrons. The first-order chi connectivity index (χ1) is 15.7. The van der Waals surface area contributed by atoms with Gasteiger partial charge in [0.05, 0.1) is 11.0 Å². The third kappa shape index (κ3) is 3.15. The summed E-state index contributed by atoms with van der Waals surface area (Å²) in [6, 6.07) is 8.16. The van der Waals surface area contributed by atoms with Gasteiger partial charge in [0.2, 0.25) is 0 Å². The molecular formula is C26H29N5O. The lowest BCUT2D eigenvalue weighted by Crippen LogP contribution is -2.27. The van der Waals surface area contributed by atoms with Gasteiger partial charge in [-0.2, -0.15) is 0 Å². The van der Waals surface area contributed by atoms with E-state index in [0.29, 0.717) is 10.9 Å². The van der Waals surface area contributed by atoms with Crippen molar-refractivity contribution in [3.63, 3.8) is 0 Å². The van der Waals surface area contributed by atoms with Crippen LogP contribution in [-0.4, -0.2) is 24.1 Å². The van der Waals surface area contributed by atoms with Gasteiger partial charge in [0, 0.05) is 12.6 Å². The van der Waals surface area contributed by atoms with E-state index in [2.05, 4.69) is 10.6 Å². The zero-order chi connectivity index (χ0) is 21.7. The maximum atomic E-state index is 13.8. The minimum Gasteiger partial charge on any atom is -0.308 e. The number of hydrogen-bond donors (Lipinski definition) is 0. The van der Waals surface area contributed by atoms with Crippen molar-refractivity contribution in [1.82, 2.24) is 24.1 Å². The van der Waals surface area contributed by atoms with Crippen molar-refractivity contribution in [2.24, 2.45) is 0 Å². The van der Waals surface area contributed by atoms with Crippen LogP contribution in [0, 0.1) is 6.92 Å². The number of fused-ring (bicyclic) bond motifs is 4. The van der Waals surface area contributed by atoms with E-state index >= 15 is 0 Å². The fraction of sp³-hybridized carbons (Fsp3) is 0.462. The summed E-state index contributed by atoms with van der Waals surface area (Å²) in [5, 5.41) is 0.633. The second-order valence-corrected chi connectivity index (χ2v) is 9.37. The lowest BCUT2D eigenvalue weighted by Gasteiger charge is -2.17. The number of hydrogen-bond acceptors (Lipinski definition) is 4. The predicted molar refractivity (Wildman–Crippen MR) is 128 cm³/mol. The monoisotopic (exact) mass is 427 g/mol. The highest BCUT2D eigenvalue weighted by Gasteiger charge is 2.25. The number of benzene rings is 1. The van der Waals surface area contributed by atoms with Crippen LogP contribution in [0.5, 0.6) is 0 Å². The molecule has 32 heavy (non-hydrogen) atoms. The van der Waals surface area contributed by atoms with E-state index in [1.54, 1.807) is 0 Å². The summed E-state index contributed by atoms with van der Waals surface area (Å²) in [4.78, 5) is 28.7. The van der Waals surface area contributed by atoms with Crippen LogP contribution in [0.15, 0.2) is 40.7 Å². The summed E-state index contributed by atoms with van der Waals surface area (Å²) in [5.74, 6) is 0.805. The molecule has 6 heteroatoms. The molecule has 3 aromatic heterocycles. The van der Waals surface area contributed by atoms with Gasteiger partial charge in [-0.25, -0.2) is 15.0 Å². The smallest absolute Gasteiger partial charge is 0.265 e. The summed E-state index contributed by atoms with van der Waals surface area (Å²) in [5.41, 5.74) is 5.45. The number of nitrogens with zero attached hydrogens (tertiary/aromatic N) is 5. The molecule has 1 aromatic carbocycles. The van der Waals surface area contributed by atoms with Crippen LogP contribution < -0.4 is 5.56 Å². The van der Waals surface area contributed by atoms with Gasteiger partial charge in [-0.15, -0.1) is 0 Å². The van der Waals surface area contributed by atoms with Crippen LogP contribution in [0.25, 0.3) is 33.2 Å². The van der Waals surface area contributed by atoms with Crippen LogP contribution in [0.4, 0.5) is 0 Å². The molecule has 6 rings (SSSR count). The standard InChI is InChI=1S/C26H29N5O/c1-17-27-24-22(26(32)31(17)19-11-5-6-12-19)23-25(29-21-14-8-7-13-20(21)28-23)30(24)16-15-18-9-3-2-4-10-18/h7-9,13-14,19H,2-6,10-12,15-16H2,1H3. The normalized spacial score (nSPS) is 17.6. The van der Waals surface area contributed by atoms with Crippen LogP contribution in [-0.2, 0) is 6.54 Å². The molecule has 1 saturated carbocycles. The van der Waals surface area contributed by atoms with Crippen molar-refractivity contribution < 1.29 is 0 Å². The molecule has 0 amide bonds. The second-order valence-electron chi connectivity index (χ2n) is 9.37. The Morgan fingerprint density at radius 3 is 2.50 bits per heavy atom. The average Bonchev–Trinajstić information content (AvgIpc) is 3.43. The summed E-state index contributed by atoms with van der Waals surface area (Å²) >= 11 is 0. The molecule has 3 heterocycles. The quantitative estimate of drug-likeness (QED) is 0.397. The van der Waals surface area contributed by atoms with Gasteiger partial charge in [0.1, 0.15) is 16.7 Å². The first-order valence-electron chi connectivity index (χ1n) is 12.1. The van der Waals surface area contributed by atoms with Crippen LogP contribution in [0.3, 0.4) is 0 Å². The van der Waals surface area contributed by atoms with E-state index in [1.807, 2.05) is 35.8 Å². The molecule has 2 aliphatic rings. The predicted octanol–water partition coefficient (Wildman–Crippen LogP) is 5.61. The van der Waals surface area contributed by atoms with Crippen LogP contribution >= 0.6 is 0 Å². The maximum absolute atomic E-state index is 13.8. The van der Waals surface area contributed by atoms with Gasteiger partial charge in [-0.3, -0.25) is 9.36 Å². The Labute approximate surface area is 187 Å². The summed E-state index contributed by atoms with van der Waals surface area (Å²) in [6.45, 7) is 2.75. The second kappa shape index (κ2) is 7.84. The number of aromatic nitrogens is 5. The molecule has 6 nitrogen and oxygen atoms in total. The van der Waals surface area contributed by atoms with Crippen molar-refractivity contribution >= 4 is 33.2 Å². The summed E-state index contributed by atoms with van der Waals surface area (Å²) < 4.78 is 4.08. The third-order valence-electron chi connectivity index (χ3n) is 7.30. The van der Waals surface area contributed by atoms with E-state index in [1.165, 1.54) is 44.1 Å². The minimum atomic E-state index is 0.0459. The zero-order valence-electron chi connectivity index (χ0n) is 18.7. The van der Waals surface area contributed by atoms with Crippen molar-refractivity contribution in [3.8, 4) is 0 Å². The van der Waals surface area contributed by atoms with Gasteiger partial charge in [0.15, 0.2) is 11.3 Å². The van der Waals surface area contributed by atoms with Gasteiger partial charge in [-0.05, 0) is 64.0 Å². The van der Waals surface area contributed by atoms with Crippen molar-refractivity contribution in [3.05, 3.63) is 52.1 Å². The molecule has 0 saturated heterocycles. The van der Waals surface area contributed by atoms with E-state index in [4.69, 9.17) is 15.0 Å². The SMILES string of the molecule is Cc1nc2c(c(=O)n1C1CCCC1)c1nc3ccccc3nc1n2CCC1=CCCCC1. The number of rotatable bonds is 4. The van der Waals surface area contributed by atoms with E-state index < -0.39 is 0 Å². The highest BCUT2D eigenvalue weighted by molar-refractivity contribution is 6.04. The molecule has 0 spiro atoms. The number of allylic oxidation sites excluding steroid dienone is 2. The summed E-state index contributed by atoms with van der Waals surface area (Å²) in [6.07, 6.45) is 12.7. The molecule has 0 aliphatic heterocycles. The van der Waals surface area contributed by atoms with Gasteiger partial charge in [0.25, 0.3) is 5.56 Å². The first kappa shape index (κ1) is 19.6. The van der Waals surface area contributed by atoms with Crippen LogP contribution in [0.2, 0.25) is 0 Å². The molecule has 0 unspecified atom stereocenters. The van der Waals surface area contributed by atoms with Crippen LogP contribution in [0.1, 0.15) is 69.7 Å². The lowest BCUT2D eigenvalue weighted by molar-refractivity contribution is 0.485. The van der Waals surface area contributed by atoms with E-state index in [0.717, 1.165) is 54.0 Å². The Morgan fingerprint density at radius 1 is 0.969 bits per heavy atom. The number of aryl methyl sites for hydroxylation is 2. The zero-order valence-corrected chi connectivity index (χ0v) is 18.7. The fourth-order valence-corrected chi connectivity index (χ4v) is 5.67. The summed E-state index contributed by atoms with van der Waals surface area (Å²) in [7, 11) is 0. The fourth-order valence-electron chi connectivity index (χ4n) is 5.67. The molecule has 1 fully saturated rings. The highest BCUT2D eigenvalue weighted by Crippen LogP contribution is 2.32.